The lowest BCUT2D eigenvalue weighted by molar-refractivity contribution is 0.187. The van der Waals surface area contributed by atoms with Crippen LogP contribution in [0.15, 0.2) is 12.5 Å². The zero-order valence-corrected chi connectivity index (χ0v) is 12.3. The molecule has 112 valence electrons. The molecule has 21 heavy (non-hydrogen) atoms. The summed E-state index contributed by atoms with van der Waals surface area (Å²) < 4.78 is 7.83. The molecule has 7 heteroatoms. The number of likely N-dealkylation sites (N-methyl/N-ethyl adjacent to an activating group) is 1. The molecule has 1 unspecified atom stereocenters. The van der Waals surface area contributed by atoms with Crippen molar-refractivity contribution in [1.29, 1.82) is 0 Å². The van der Waals surface area contributed by atoms with Crippen LogP contribution in [-0.4, -0.2) is 70.9 Å². The van der Waals surface area contributed by atoms with Crippen LogP contribution >= 0.6 is 0 Å². The molecule has 2 aliphatic rings. The van der Waals surface area contributed by atoms with Crippen molar-refractivity contribution in [2.45, 2.75) is 12.5 Å². The highest BCUT2D eigenvalue weighted by Crippen LogP contribution is 2.30. The first-order valence-corrected chi connectivity index (χ1v) is 7.52. The Hall–Kier alpha value is -1.73. The molecule has 0 bridgehead atoms. The van der Waals surface area contributed by atoms with Gasteiger partial charge in [-0.05, 0) is 13.5 Å². The molecule has 0 aromatic carbocycles. The number of piperazine rings is 1. The predicted molar refractivity (Wildman–Crippen MR) is 79.5 cm³/mol. The van der Waals surface area contributed by atoms with Crippen LogP contribution in [-0.2, 0) is 4.74 Å². The molecule has 0 N–H and O–H groups in total. The summed E-state index contributed by atoms with van der Waals surface area (Å²) in [6, 6.07) is 0.333. The highest BCUT2D eigenvalue weighted by atomic mass is 16.5. The first-order chi connectivity index (χ1) is 10.3. The zero-order valence-electron chi connectivity index (χ0n) is 12.3. The van der Waals surface area contributed by atoms with E-state index in [2.05, 4.69) is 31.4 Å². The number of ether oxygens (including phenoxy) is 1. The summed E-state index contributed by atoms with van der Waals surface area (Å²) in [5.41, 5.74) is 1.80. The van der Waals surface area contributed by atoms with Gasteiger partial charge in [-0.15, -0.1) is 0 Å². The van der Waals surface area contributed by atoms with Crippen molar-refractivity contribution in [2.24, 2.45) is 0 Å². The van der Waals surface area contributed by atoms with Gasteiger partial charge in [0.1, 0.15) is 11.8 Å². The molecule has 0 amide bonds. The molecule has 1 atom stereocenters. The molecule has 2 fully saturated rings. The number of imidazole rings is 1. The highest BCUT2D eigenvalue weighted by molar-refractivity contribution is 5.74. The van der Waals surface area contributed by atoms with Gasteiger partial charge < -0.3 is 14.5 Å². The third kappa shape index (κ3) is 2.26. The Kier molecular flexibility index (Phi) is 3.23. The fourth-order valence-electron chi connectivity index (χ4n) is 3.13. The number of fused-ring (bicyclic) bond motifs is 1. The van der Waals surface area contributed by atoms with Crippen LogP contribution in [0.3, 0.4) is 0 Å². The maximum absolute atomic E-state index is 5.57. The van der Waals surface area contributed by atoms with E-state index in [4.69, 9.17) is 9.72 Å². The molecule has 0 saturated carbocycles. The van der Waals surface area contributed by atoms with Gasteiger partial charge in [0, 0.05) is 32.8 Å². The minimum absolute atomic E-state index is 0.333. The molecule has 0 radical (unpaired) electrons. The summed E-state index contributed by atoms with van der Waals surface area (Å²) in [6.45, 7) is 5.70. The smallest absolute Gasteiger partial charge is 0.208 e. The molecule has 7 nitrogen and oxygen atoms in total. The van der Waals surface area contributed by atoms with Gasteiger partial charge in [0.15, 0.2) is 5.65 Å². The molecular formula is C14H20N6O. The van der Waals surface area contributed by atoms with E-state index < -0.39 is 0 Å². The quantitative estimate of drug-likeness (QED) is 0.804. The highest BCUT2D eigenvalue weighted by Gasteiger charge is 2.27. The van der Waals surface area contributed by atoms with Crippen molar-refractivity contribution < 1.29 is 4.74 Å². The van der Waals surface area contributed by atoms with Crippen LogP contribution in [0.2, 0.25) is 0 Å². The van der Waals surface area contributed by atoms with Gasteiger partial charge in [-0.25, -0.2) is 15.0 Å². The van der Waals surface area contributed by atoms with Crippen LogP contribution in [0.4, 0.5) is 5.95 Å². The Balaban J connectivity index is 1.77. The average molecular weight is 288 g/mol. The maximum atomic E-state index is 5.57. The summed E-state index contributed by atoms with van der Waals surface area (Å²) in [7, 11) is 2.16. The largest absolute Gasteiger partial charge is 0.379 e. The van der Waals surface area contributed by atoms with Gasteiger partial charge in [0.2, 0.25) is 5.95 Å². The van der Waals surface area contributed by atoms with Crippen molar-refractivity contribution >= 4 is 17.1 Å². The van der Waals surface area contributed by atoms with Crippen LogP contribution in [0.1, 0.15) is 12.5 Å². The van der Waals surface area contributed by atoms with Crippen molar-refractivity contribution in [2.75, 3.05) is 51.3 Å². The summed E-state index contributed by atoms with van der Waals surface area (Å²) in [4.78, 5) is 18.1. The lowest BCUT2D eigenvalue weighted by Gasteiger charge is -2.34. The topological polar surface area (TPSA) is 59.3 Å². The van der Waals surface area contributed by atoms with E-state index in [1.807, 2.05) is 0 Å². The third-order valence-electron chi connectivity index (χ3n) is 4.39. The molecule has 2 aromatic heterocycles. The summed E-state index contributed by atoms with van der Waals surface area (Å²) in [5, 5.41) is 0. The standard InChI is InChI=1S/C14H20N6O/c1-18-3-5-19(6-4-18)14-17-12-8-15-10-16-13(12)20(14)11-2-7-21-9-11/h8,10-11H,2-7,9H2,1H3. The SMILES string of the molecule is CN1CCN(c2nc3cncnc3n2C2CCOC2)CC1. The van der Waals surface area contributed by atoms with Crippen molar-refractivity contribution in [1.82, 2.24) is 24.4 Å². The van der Waals surface area contributed by atoms with Gasteiger partial charge in [-0.3, -0.25) is 4.57 Å². The maximum Gasteiger partial charge on any atom is 0.208 e. The third-order valence-corrected chi connectivity index (χ3v) is 4.39. The summed E-state index contributed by atoms with van der Waals surface area (Å²) in [5.74, 6) is 1.02. The number of anilines is 1. The Labute approximate surface area is 123 Å². The van der Waals surface area contributed by atoms with E-state index in [0.29, 0.717) is 6.04 Å². The Bertz CT molecular complexity index is 627. The van der Waals surface area contributed by atoms with E-state index in [9.17, 15) is 0 Å². The van der Waals surface area contributed by atoms with Crippen molar-refractivity contribution in [3.8, 4) is 0 Å². The van der Waals surface area contributed by atoms with Crippen molar-refractivity contribution in [3.63, 3.8) is 0 Å². The van der Waals surface area contributed by atoms with Crippen molar-refractivity contribution in [3.05, 3.63) is 12.5 Å². The molecular weight excluding hydrogens is 268 g/mol. The first-order valence-electron chi connectivity index (χ1n) is 7.52. The van der Waals surface area contributed by atoms with E-state index in [1.165, 1.54) is 0 Å². The minimum Gasteiger partial charge on any atom is -0.379 e. The number of rotatable bonds is 2. The second-order valence-electron chi connectivity index (χ2n) is 5.82. The fraction of sp³-hybridized carbons (Fsp3) is 0.643. The van der Waals surface area contributed by atoms with Crippen LogP contribution in [0, 0.1) is 0 Å². The van der Waals surface area contributed by atoms with Gasteiger partial charge in [0.25, 0.3) is 0 Å². The minimum atomic E-state index is 0.333. The number of nitrogens with zero attached hydrogens (tertiary/aromatic N) is 6. The zero-order chi connectivity index (χ0) is 14.2. The normalized spacial score (nSPS) is 24.0. The monoisotopic (exact) mass is 288 g/mol. The average Bonchev–Trinajstić information content (AvgIpc) is 3.14. The Morgan fingerprint density at radius 1 is 1.24 bits per heavy atom. The Morgan fingerprint density at radius 3 is 2.86 bits per heavy atom. The van der Waals surface area contributed by atoms with Gasteiger partial charge in [-0.1, -0.05) is 0 Å². The second-order valence-corrected chi connectivity index (χ2v) is 5.82. The second kappa shape index (κ2) is 5.23. The van der Waals surface area contributed by atoms with Gasteiger partial charge in [0.05, 0.1) is 18.8 Å². The molecule has 2 aliphatic heterocycles. The fourth-order valence-corrected chi connectivity index (χ4v) is 3.13. The molecule has 0 spiro atoms. The van der Waals surface area contributed by atoms with E-state index >= 15 is 0 Å². The lowest BCUT2D eigenvalue weighted by Crippen LogP contribution is -2.45. The first kappa shape index (κ1) is 13.0. The van der Waals surface area contributed by atoms with E-state index in [1.54, 1.807) is 12.5 Å². The van der Waals surface area contributed by atoms with Gasteiger partial charge >= 0.3 is 0 Å². The molecule has 0 aliphatic carbocycles. The van der Waals surface area contributed by atoms with Gasteiger partial charge in [-0.2, -0.15) is 0 Å². The van der Waals surface area contributed by atoms with E-state index in [0.717, 1.165) is 62.9 Å². The number of aromatic nitrogens is 4. The van der Waals surface area contributed by atoms with Crippen LogP contribution in [0.5, 0.6) is 0 Å². The molecule has 2 aromatic rings. The predicted octanol–water partition coefficient (Wildman–Crippen LogP) is 0.539. The summed E-state index contributed by atoms with van der Waals surface area (Å²) in [6.07, 6.45) is 4.43. The molecule has 2 saturated heterocycles. The Morgan fingerprint density at radius 2 is 2.10 bits per heavy atom. The van der Waals surface area contributed by atoms with E-state index in [-0.39, 0.29) is 0 Å². The lowest BCUT2D eigenvalue weighted by atomic mass is 10.2. The molecule has 4 heterocycles. The summed E-state index contributed by atoms with van der Waals surface area (Å²) >= 11 is 0. The van der Waals surface area contributed by atoms with Crippen LogP contribution < -0.4 is 4.90 Å². The van der Waals surface area contributed by atoms with Crippen LogP contribution in [0.25, 0.3) is 11.2 Å². The molecule has 4 rings (SSSR count). The number of hydrogen-bond acceptors (Lipinski definition) is 6. The number of hydrogen-bond donors (Lipinski definition) is 0.